The van der Waals surface area contributed by atoms with E-state index in [2.05, 4.69) is 41.1 Å². The first-order chi connectivity index (χ1) is 13.7. The molecule has 1 amide bonds. The van der Waals surface area contributed by atoms with Gasteiger partial charge in [0.05, 0.1) is 12.2 Å². The maximum atomic E-state index is 13.4. The van der Waals surface area contributed by atoms with Crippen molar-refractivity contribution in [3.8, 4) is 0 Å². The zero-order valence-corrected chi connectivity index (χ0v) is 16.1. The van der Waals surface area contributed by atoms with Crippen LogP contribution >= 0.6 is 0 Å². The fraction of sp³-hybridized carbons (Fsp3) is 0.304. The summed E-state index contributed by atoms with van der Waals surface area (Å²) in [7, 11) is 0. The van der Waals surface area contributed by atoms with E-state index in [9.17, 15) is 4.79 Å². The molecule has 1 aliphatic heterocycles. The second-order valence-electron chi connectivity index (χ2n) is 7.25. The molecular weight excluding hydrogens is 350 g/mol. The zero-order valence-electron chi connectivity index (χ0n) is 16.1. The third-order valence-electron chi connectivity index (χ3n) is 5.33. The van der Waals surface area contributed by atoms with E-state index in [4.69, 9.17) is 4.42 Å². The first kappa shape index (κ1) is 18.3. The molecule has 5 heteroatoms. The Bertz CT molecular complexity index is 883. The summed E-state index contributed by atoms with van der Waals surface area (Å²) in [5, 5.41) is 0. The van der Waals surface area contributed by atoms with Crippen LogP contribution < -0.4 is 4.90 Å². The fourth-order valence-electron chi connectivity index (χ4n) is 3.69. The van der Waals surface area contributed by atoms with Crippen LogP contribution in [0, 0.1) is 6.92 Å². The molecule has 1 aliphatic rings. The number of hydrogen-bond acceptors (Lipinski definition) is 4. The number of pyridine rings is 1. The molecule has 1 saturated heterocycles. The van der Waals surface area contributed by atoms with Crippen molar-refractivity contribution in [2.24, 2.45) is 0 Å². The van der Waals surface area contributed by atoms with Crippen molar-refractivity contribution >= 4 is 11.7 Å². The predicted octanol–water partition coefficient (Wildman–Crippen LogP) is 3.66. The lowest BCUT2D eigenvalue weighted by atomic mass is 9.92. The third kappa shape index (κ3) is 4.09. The lowest BCUT2D eigenvalue weighted by molar-refractivity contribution is -0.133. The normalized spacial score (nSPS) is 15.5. The molecular formula is C23H25N3O2. The molecule has 1 fully saturated rings. The minimum absolute atomic E-state index is 0.168. The summed E-state index contributed by atoms with van der Waals surface area (Å²) in [4.78, 5) is 22.0. The Morgan fingerprint density at radius 1 is 1.04 bits per heavy atom. The van der Waals surface area contributed by atoms with Crippen molar-refractivity contribution in [3.63, 3.8) is 0 Å². The molecule has 3 heterocycles. The highest BCUT2D eigenvalue weighted by Crippen LogP contribution is 2.25. The Hall–Kier alpha value is -3.08. The molecule has 3 aromatic rings. The van der Waals surface area contributed by atoms with Gasteiger partial charge in [-0.1, -0.05) is 35.9 Å². The topological polar surface area (TPSA) is 49.6 Å². The Morgan fingerprint density at radius 2 is 1.82 bits per heavy atom. The summed E-state index contributed by atoms with van der Waals surface area (Å²) < 4.78 is 5.53. The molecule has 1 unspecified atom stereocenters. The third-order valence-corrected chi connectivity index (χ3v) is 5.33. The molecule has 0 N–H and O–H groups in total. The monoisotopic (exact) mass is 375 g/mol. The van der Waals surface area contributed by atoms with E-state index >= 15 is 0 Å². The lowest BCUT2D eigenvalue weighted by Gasteiger charge is -2.37. The number of nitrogens with zero attached hydrogens (tertiary/aromatic N) is 3. The number of anilines is 1. The second-order valence-corrected chi connectivity index (χ2v) is 7.25. The number of aryl methyl sites for hydroxylation is 1. The average molecular weight is 375 g/mol. The summed E-state index contributed by atoms with van der Waals surface area (Å²) in [5.74, 6) is 1.75. The molecule has 0 radical (unpaired) electrons. The summed E-state index contributed by atoms with van der Waals surface area (Å²) in [5.41, 5.74) is 2.23. The van der Waals surface area contributed by atoms with Gasteiger partial charge in [-0.25, -0.2) is 4.98 Å². The van der Waals surface area contributed by atoms with E-state index in [-0.39, 0.29) is 11.8 Å². The Labute approximate surface area is 165 Å². The largest absolute Gasteiger partial charge is 0.469 e. The van der Waals surface area contributed by atoms with E-state index in [1.54, 1.807) is 6.26 Å². The molecule has 0 spiro atoms. The van der Waals surface area contributed by atoms with E-state index in [1.165, 1.54) is 5.56 Å². The number of benzene rings is 1. The van der Waals surface area contributed by atoms with Crippen LogP contribution in [0.15, 0.2) is 71.5 Å². The molecule has 144 valence electrons. The van der Waals surface area contributed by atoms with E-state index in [1.807, 2.05) is 41.4 Å². The summed E-state index contributed by atoms with van der Waals surface area (Å²) in [6.07, 6.45) is 4.05. The van der Waals surface area contributed by atoms with Crippen molar-refractivity contribution in [3.05, 3.63) is 83.9 Å². The minimum atomic E-state index is -0.229. The van der Waals surface area contributed by atoms with E-state index in [0.29, 0.717) is 19.5 Å². The van der Waals surface area contributed by atoms with Gasteiger partial charge in [-0.15, -0.1) is 0 Å². The molecule has 1 aromatic carbocycles. The fourth-order valence-corrected chi connectivity index (χ4v) is 3.69. The first-order valence-corrected chi connectivity index (χ1v) is 9.74. The van der Waals surface area contributed by atoms with Gasteiger partial charge in [0.15, 0.2) is 0 Å². The van der Waals surface area contributed by atoms with Crippen LogP contribution in [-0.4, -0.2) is 42.0 Å². The summed E-state index contributed by atoms with van der Waals surface area (Å²) in [6.45, 7) is 5.06. The van der Waals surface area contributed by atoms with Crippen molar-refractivity contribution in [2.45, 2.75) is 19.3 Å². The van der Waals surface area contributed by atoms with Crippen LogP contribution in [0.5, 0.6) is 0 Å². The highest BCUT2D eigenvalue weighted by atomic mass is 16.3. The number of carbonyl (C=O) groups excluding carboxylic acids is 1. The lowest BCUT2D eigenvalue weighted by Crippen LogP contribution is -2.50. The van der Waals surface area contributed by atoms with Crippen LogP contribution in [0.2, 0.25) is 0 Å². The zero-order chi connectivity index (χ0) is 19.3. The van der Waals surface area contributed by atoms with Crippen molar-refractivity contribution < 1.29 is 9.21 Å². The van der Waals surface area contributed by atoms with Crippen LogP contribution in [0.25, 0.3) is 0 Å². The smallest absolute Gasteiger partial charge is 0.230 e. The van der Waals surface area contributed by atoms with Gasteiger partial charge in [0.1, 0.15) is 11.6 Å². The molecule has 0 aliphatic carbocycles. The SMILES string of the molecule is Cc1ccc(C(Cc2ccco2)C(=O)N2CCN(c3ccccn3)CC2)cc1. The van der Waals surface area contributed by atoms with Crippen molar-refractivity contribution in [2.75, 3.05) is 31.1 Å². The molecule has 5 nitrogen and oxygen atoms in total. The molecule has 4 rings (SSSR count). The van der Waals surface area contributed by atoms with Crippen LogP contribution in [-0.2, 0) is 11.2 Å². The van der Waals surface area contributed by atoms with Gasteiger partial charge in [0.25, 0.3) is 0 Å². The predicted molar refractivity (Wildman–Crippen MR) is 109 cm³/mol. The van der Waals surface area contributed by atoms with Gasteiger partial charge >= 0.3 is 0 Å². The number of hydrogen-bond donors (Lipinski definition) is 0. The van der Waals surface area contributed by atoms with Crippen LogP contribution in [0.4, 0.5) is 5.82 Å². The van der Waals surface area contributed by atoms with Gasteiger partial charge < -0.3 is 14.2 Å². The Morgan fingerprint density at radius 3 is 2.46 bits per heavy atom. The molecule has 0 bridgehead atoms. The standard InChI is InChI=1S/C23H25N3O2/c1-18-7-9-19(10-8-18)21(17-20-5-4-16-28-20)23(27)26-14-12-25(13-15-26)22-6-2-3-11-24-22/h2-11,16,21H,12-15,17H2,1H3. The number of amides is 1. The highest BCUT2D eigenvalue weighted by molar-refractivity contribution is 5.84. The number of aromatic nitrogens is 1. The number of rotatable bonds is 5. The van der Waals surface area contributed by atoms with Gasteiger partial charge in [0.2, 0.25) is 5.91 Å². The number of furan rings is 1. The molecule has 1 atom stereocenters. The van der Waals surface area contributed by atoms with Gasteiger partial charge in [0, 0.05) is 38.8 Å². The van der Waals surface area contributed by atoms with Crippen molar-refractivity contribution in [1.82, 2.24) is 9.88 Å². The Balaban J connectivity index is 1.48. The molecule has 28 heavy (non-hydrogen) atoms. The van der Waals surface area contributed by atoms with Crippen molar-refractivity contribution in [1.29, 1.82) is 0 Å². The maximum absolute atomic E-state index is 13.4. The summed E-state index contributed by atoms with van der Waals surface area (Å²) >= 11 is 0. The quantitative estimate of drug-likeness (QED) is 0.683. The average Bonchev–Trinajstić information content (AvgIpc) is 3.26. The van der Waals surface area contributed by atoms with E-state index < -0.39 is 0 Å². The first-order valence-electron chi connectivity index (χ1n) is 9.74. The van der Waals surface area contributed by atoms with Crippen LogP contribution in [0.1, 0.15) is 22.8 Å². The van der Waals surface area contributed by atoms with E-state index in [0.717, 1.165) is 30.2 Å². The maximum Gasteiger partial charge on any atom is 0.230 e. The summed E-state index contributed by atoms with van der Waals surface area (Å²) in [6, 6.07) is 18.0. The van der Waals surface area contributed by atoms with Gasteiger partial charge in [-0.3, -0.25) is 4.79 Å². The highest BCUT2D eigenvalue weighted by Gasteiger charge is 2.29. The molecule has 2 aromatic heterocycles. The number of piperazine rings is 1. The molecule has 0 saturated carbocycles. The Kier molecular flexibility index (Phi) is 5.42. The second kappa shape index (κ2) is 8.30. The van der Waals surface area contributed by atoms with Gasteiger partial charge in [-0.2, -0.15) is 0 Å². The van der Waals surface area contributed by atoms with Crippen LogP contribution in [0.3, 0.4) is 0 Å². The van der Waals surface area contributed by atoms with Gasteiger partial charge in [-0.05, 0) is 36.8 Å². The number of carbonyl (C=O) groups is 1. The minimum Gasteiger partial charge on any atom is -0.469 e.